The van der Waals surface area contributed by atoms with Crippen molar-refractivity contribution in [3.63, 3.8) is 0 Å². The summed E-state index contributed by atoms with van der Waals surface area (Å²) < 4.78 is 99.9. The third-order valence-corrected chi connectivity index (χ3v) is 12.4. The van der Waals surface area contributed by atoms with Crippen LogP contribution in [0.25, 0.3) is 32.1 Å². The van der Waals surface area contributed by atoms with Gasteiger partial charge in [-0.05, 0) is 56.0 Å². The predicted molar refractivity (Wildman–Crippen MR) is 191 cm³/mol. The average molecular weight is 782 g/mol. The number of nitriles is 1. The van der Waals surface area contributed by atoms with Gasteiger partial charge in [-0.2, -0.15) is 33.5 Å². The Hall–Kier alpha value is -5.15. The number of nitrogen functional groups attached to an aromatic ring is 1. The highest BCUT2D eigenvalue weighted by Crippen LogP contribution is 2.48. The second kappa shape index (κ2) is 13.0. The maximum absolute atomic E-state index is 17.2. The Morgan fingerprint density at radius 2 is 1.89 bits per heavy atom. The molecule has 0 bridgehead atoms. The van der Waals surface area contributed by atoms with Gasteiger partial charge in [0.15, 0.2) is 11.5 Å². The number of thiophene rings is 1. The number of rotatable bonds is 6. The molecule has 11 nitrogen and oxygen atoms in total. The van der Waals surface area contributed by atoms with E-state index in [1.807, 2.05) is 11.0 Å². The summed E-state index contributed by atoms with van der Waals surface area (Å²) in [5, 5.41) is 13.7. The summed E-state index contributed by atoms with van der Waals surface area (Å²) in [5.74, 6) is -2.47. The minimum Gasteiger partial charge on any atom is -0.461 e. The van der Waals surface area contributed by atoms with E-state index in [4.69, 9.17) is 10.5 Å². The van der Waals surface area contributed by atoms with E-state index in [1.165, 1.54) is 0 Å². The molecule has 286 valence electrons. The molecule has 0 aliphatic carbocycles. The molecular weight excluding hydrogens is 749 g/mol. The molecule has 2 N–H and O–H groups in total. The van der Waals surface area contributed by atoms with E-state index in [0.717, 1.165) is 37.5 Å². The molecule has 4 aliphatic heterocycles. The molecule has 18 heteroatoms. The Bertz CT molecular complexity index is 2440. The van der Waals surface area contributed by atoms with Crippen LogP contribution in [0, 0.1) is 23.0 Å². The molecule has 0 saturated carbocycles. The number of nitrogens with two attached hydrogens (primary N) is 1. The van der Waals surface area contributed by atoms with Gasteiger partial charge in [0.25, 0.3) is 5.91 Å². The minimum absolute atomic E-state index is 0.0273. The molecule has 4 aliphatic rings. The van der Waals surface area contributed by atoms with E-state index >= 15 is 22.0 Å². The fourth-order valence-electron chi connectivity index (χ4n) is 8.77. The minimum atomic E-state index is -5.13. The van der Waals surface area contributed by atoms with E-state index in [9.17, 15) is 14.4 Å². The number of amides is 1. The zero-order chi connectivity index (χ0) is 38.4. The van der Waals surface area contributed by atoms with Crippen LogP contribution >= 0.6 is 11.3 Å². The van der Waals surface area contributed by atoms with Crippen molar-refractivity contribution in [3.05, 3.63) is 58.4 Å². The van der Waals surface area contributed by atoms with Gasteiger partial charge in [-0.15, -0.1) is 11.3 Å². The van der Waals surface area contributed by atoms with Crippen LogP contribution in [0.15, 0.2) is 24.3 Å². The number of fused-ring (bicyclic) bond motifs is 4. The van der Waals surface area contributed by atoms with Crippen LogP contribution in [-0.4, -0.2) is 86.5 Å². The Morgan fingerprint density at radius 3 is 2.65 bits per heavy atom. The summed E-state index contributed by atoms with van der Waals surface area (Å²) in [6.07, 6.45) is -2.69. The van der Waals surface area contributed by atoms with Gasteiger partial charge in [-0.25, -0.2) is 13.2 Å². The monoisotopic (exact) mass is 781 g/mol. The standard InChI is InChI=1S/C37H33F6N9O2S/c38-19-14-36(6-3-9-51(36)16-19)18-54-35-46-30-22(33(47-35)50-10-11-52-20(17-50)12-26(48-52)34(53)49-7-1-2-8-49)13-24(37(41,42)43)28(29(30)40)21-4-5-25(39)31-27(21)23(15-44)32(45)55-31/h4-5,12-13,19H,1-3,6-11,14,16-18,45H2. The summed E-state index contributed by atoms with van der Waals surface area (Å²) in [5.41, 5.74) is 2.73. The van der Waals surface area contributed by atoms with Crippen molar-refractivity contribution >= 4 is 49.1 Å². The second-order valence-corrected chi connectivity index (χ2v) is 15.7. The SMILES string of the molecule is N#Cc1c(N)sc2c(F)ccc(-c3c(C(F)(F)F)cc4c(N5CCn6nc(C(=O)N7CCCC7)cc6C5)nc(OCC56CCCN5CC(F)C6)nc4c3F)c12. The number of hydrogen-bond acceptors (Lipinski definition) is 10. The number of anilines is 2. The molecule has 7 heterocycles. The number of halogens is 6. The topological polar surface area (TPSA) is 129 Å². The first-order valence-electron chi connectivity index (χ1n) is 18.0. The zero-order valence-electron chi connectivity index (χ0n) is 29.2. The van der Waals surface area contributed by atoms with Crippen LogP contribution in [-0.2, 0) is 19.3 Å². The van der Waals surface area contributed by atoms with E-state index in [-0.39, 0.29) is 94.2 Å². The van der Waals surface area contributed by atoms with Crippen molar-refractivity contribution in [3.8, 4) is 23.2 Å². The maximum atomic E-state index is 17.2. The van der Waals surface area contributed by atoms with Crippen LogP contribution in [0.3, 0.4) is 0 Å². The molecule has 3 fully saturated rings. The smallest absolute Gasteiger partial charge is 0.417 e. The van der Waals surface area contributed by atoms with Gasteiger partial charge in [0.05, 0.1) is 40.1 Å². The lowest BCUT2D eigenvalue weighted by Gasteiger charge is -2.32. The van der Waals surface area contributed by atoms with Crippen LogP contribution < -0.4 is 15.4 Å². The van der Waals surface area contributed by atoms with Crippen LogP contribution in [0.2, 0.25) is 0 Å². The Labute approximate surface area is 313 Å². The largest absolute Gasteiger partial charge is 0.461 e. The number of aromatic nitrogens is 4. The molecule has 2 unspecified atom stereocenters. The molecule has 1 amide bonds. The van der Waals surface area contributed by atoms with Gasteiger partial charge in [0.2, 0.25) is 0 Å². The van der Waals surface area contributed by atoms with Gasteiger partial charge in [-0.1, -0.05) is 6.07 Å². The molecule has 0 radical (unpaired) electrons. The lowest BCUT2D eigenvalue weighted by Crippen LogP contribution is -2.43. The molecule has 9 rings (SSSR count). The maximum Gasteiger partial charge on any atom is 0.417 e. The van der Waals surface area contributed by atoms with E-state index in [2.05, 4.69) is 15.1 Å². The third-order valence-electron chi connectivity index (χ3n) is 11.3. The highest BCUT2D eigenvalue weighted by atomic mass is 32.1. The first-order chi connectivity index (χ1) is 26.3. The van der Waals surface area contributed by atoms with Crippen LogP contribution in [0.5, 0.6) is 6.01 Å². The normalized spacial score (nSPS) is 21.4. The highest BCUT2D eigenvalue weighted by molar-refractivity contribution is 7.23. The van der Waals surface area contributed by atoms with Crippen molar-refractivity contribution < 1.29 is 35.9 Å². The van der Waals surface area contributed by atoms with Gasteiger partial charge < -0.3 is 20.3 Å². The number of benzene rings is 2. The predicted octanol–water partition coefficient (Wildman–Crippen LogP) is 6.67. The van der Waals surface area contributed by atoms with Crippen molar-refractivity contribution in [2.45, 2.75) is 63.1 Å². The Kier molecular flexibility index (Phi) is 8.38. The van der Waals surface area contributed by atoms with Gasteiger partial charge in [0, 0.05) is 48.9 Å². The number of nitrogens with zero attached hydrogens (tertiary/aromatic N) is 8. The number of carbonyl (C=O) groups excluding carboxylic acids is 1. The summed E-state index contributed by atoms with van der Waals surface area (Å²) in [6, 6.07) is 5.83. The third kappa shape index (κ3) is 5.81. The molecule has 2 aromatic carbocycles. The molecule has 55 heavy (non-hydrogen) atoms. The van der Waals surface area contributed by atoms with Gasteiger partial charge in [0.1, 0.15) is 41.0 Å². The fourth-order valence-corrected chi connectivity index (χ4v) is 9.72. The molecular formula is C37H33F6N9O2S. The van der Waals surface area contributed by atoms with Gasteiger partial charge in [-0.3, -0.25) is 14.4 Å². The zero-order valence-corrected chi connectivity index (χ0v) is 30.0. The second-order valence-electron chi connectivity index (χ2n) is 14.6. The van der Waals surface area contributed by atoms with Crippen molar-refractivity contribution in [2.75, 3.05) is 50.0 Å². The lowest BCUT2D eigenvalue weighted by atomic mass is 9.92. The Morgan fingerprint density at radius 1 is 1.09 bits per heavy atom. The molecule has 0 spiro atoms. The number of likely N-dealkylation sites (tertiary alicyclic amines) is 1. The fraction of sp³-hybridized carbons (Fsp3) is 0.432. The first-order valence-corrected chi connectivity index (χ1v) is 18.8. The molecule has 3 aromatic heterocycles. The van der Waals surface area contributed by atoms with Crippen molar-refractivity contribution in [2.24, 2.45) is 0 Å². The lowest BCUT2D eigenvalue weighted by molar-refractivity contribution is -0.137. The van der Waals surface area contributed by atoms with Crippen molar-refractivity contribution in [1.29, 1.82) is 5.26 Å². The molecule has 2 atom stereocenters. The van der Waals surface area contributed by atoms with Crippen LogP contribution in [0.4, 0.5) is 37.2 Å². The van der Waals surface area contributed by atoms with E-state index < -0.39 is 46.2 Å². The number of alkyl halides is 4. The summed E-state index contributed by atoms with van der Waals surface area (Å²) in [7, 11) is 0. The Balaban J connectivity index is 1.21. The summed E-state index contributed by atoms with van der Waals surface area (Å²) >= 11 is 0.679. The average Bonchev–Trinajstić information content (AvgIpc) is 3.99. The number of ether oxygens (including phenoxy) is 1. The van der Waals surface area contributed by atoms with Crippen molar-refractivity contribution in [1.82, 2.24) is 29.5 Å². The first kappa shape index (κ1) is 35.5. The number of carbonyl (C=O) groups is 1. The molecule has 5 aromatic rings. The summed E-state index contributed by atoms with van der Waals surface area (Å²) in [6.45, 7) is 2.65. The van der Waals surface area contributed by atoms with E-state index in [1.54, 1.807) is 20.5 Å². The number of hydrogen-bond donors (Lipinski definition) is 1. The highest BCUT2D eigenvalue weighted by Gasteiger charge is 2.49. The quantitative estimate of drug-likeness (QED) is 0.188. The van der Waals surface area contributed by atoms with Crippen LogP contribution in [0.1, 0.15) is 59.4 Å². The summed E-state index contributed by atoms with van der Waals surface area (Å²) in [4.78, 5) is 27.5. The molecule has 3 saturated heterocycles. The van der Waals surface area contributed by atoms with Gasteiger partial charge >= 0.3 is 12.2 Å². The van der Waals surface area contributed by atoms with E-state index in [0.29, 0.717) is 43.1 Å².